The molecule has 0 aromatic heterocycles. The van der Waals surface area contributed by atoms with Gasteiger partial charge in [-0.15, -0.1) is 4.91 Å². The molecule has 0 spiro atoms. The van der Waals surface area contributed by atoms with E-state index in [1.807, 2.05) is 0 Å². The predicted molar refractivity (Wildman–Crippen MR) is 32.5 cm³/mol. The van der Waals surface area contributed by atoms with Gasteiger partial charge in [-0.2, -0.15) is 0 Å². The second-order valence-corrected chi connectivity index (χ2v) is 4.51. The van der Waals surface area contributed by atoms with Crippen LogP contribution in [0, 0.1) is 4.91 Å². The van der Waals surface area contributed by atoms with Crippen molar-refractivity contribution >= 4 is 25.4 Å². The van der Waals surface area contributed by atoms with Gasteiger partial charge in [0.05, 0.1) is 0 Å². The molecule has 0 rings (SSSR count). The van der Waals surface area contributed by atoms with Crippen LogP contribution >= 0.6 is 25.4 Å². The number of nitroso groups, excluding NO2 is 1. The first-order valence-corrected chi connectivity index (χ1v) is 4.06. The molecule has 0 fully saturated rings. The van der Waals surface area contributed by atoms with Gasteiger partial charge in [-0.1, -0.05) is 0 Å². The fourth-order valence-corrected chi connectivity index (χ4v) is 0.600. The van der Waals surface area contributed by atoms with Crippen molar-refractivity contribution < 1.29 is 66.5 Å². The molecular weight excluding hydrogens is 222 g/mol. The Bertz CT molecular complexity index is 128. The van der Waals surface area contributed by atoms with Crippen LogP contribution in [0.3, 0.4) is 0 Å². The summed E-state index contributed by atoms with van der Waals surface area (Å²) in [5.74, 6) is 0. The first-order valence-electron chi connectivity index (χ1n) is 1.62. The van der Waals surface area contributed by atoms with Crippen LogP contribution in [0.5, 0.6) is 0 Å². The molecule has 5 nitrogen and oxygen atoms in total. The first kappa shape index (κ1) is 14.1. The molecule has 0 radical (unpaired) electrons. The van der Waals surface area contributed by atoms with Gasteiger partial charge in [0.25, 0.3) is 0 Å². The predicted octanol–water partition coefficient (Wildman–Crippen LogP) is -0.644. The molecule has 0 aliphatic rings. The Hall–Kier alpha value is 1.54. The zero-order valence-electron chi connectivity index (χ0n) is 5.92. The molecule has 0 aliphatic heterocycles. The van der Waals surface area contributed by atoms with Gasteiger partial charge in [0.15, 0.2) is 0 Å². The molecule has 0 saturated carbocycles. The summed E-state index contributed by atoms with van der Waals surface area (Å²) in [5.41, 5.74) is 0. The minimum absolute atomic E-state index is 0. The Labute approximate surface area is 105 Å². The van der Waals surface area contributed by atoms with Crippen LogP contribution in [0.1, 0.15) is 1.43 Å². The van der Waals surface area contributed by atoms with Crippen LogP contribution in [0.15, 0.2) is 5.18 Å². The smallest absolute Gasteiger partial charge is 1.00 e. The van der Waals surface area contributed by atoms with E-state index < -0.39 is 30.1 Å². The topological polar surface area (TPSA) is 80.6 Å². The summed E-state index contributed by atoms with van der Waals surface area (Å²) in [6, 6.07) is 0. The van der Waals surface area contributed by atoms with E-state index in [2.05, 4.69) is 5.18 Å². The van der Waals surface area contributed by atoms with Crippen molar-refractivity contribution in [3.8, 4) is 0 Å². The maximum Gasteiger partial charge on any atom is 1.00 e. The summed E-state index contributed by atoms with van der Waals surface area (Å²) in [4.78, 5) is 9.65. The van der Waals surface area contributed by atoms with E-state index >= 15 is 0 Å². The molecule has 0 amide bonds. The Kier molecular flexibility index (Phi) is 10.1. The first-order chi connectivity index (χ1) is 4.24. The minimum atomic E-state index is -2.01. The molecule has 0 aromatic carbocycles. The molecule has 0 N–H and O–H groups in total. The monoisotopic (exact) mass is 223 g/mol. The molecule has 0 saturated heterocycles. The van der Waals surface area contributed by atoms with Crippen molar-refractivity contribution in [2.24, 2.45) is 5.18 Å². The van der Waals surface area contributed by atoms with Gasteiger partial charge in [0.2, 0.25) is 25.4 Å². The molecule has 10 heavy (non-hydrogen) atoms. The quantitative estimate of drug-likeness (QED) is 0.360. The average Bonchev–Trinajstić information content (AvgIpc) is 1.95. The van der Waals surface area contributed by atoms with Crippen LogP contribution < -0.4 is 51.4 Å². The number of nitrogens with zero attached hydrogens (tertiary/aromatic N) is 1. The zero-order chi connectivity index (χ0) is 7.33. The van der Waals surface area contributed by atoms with E-state index in [0.29, 0.717) is 0 Å². The molecule has 0 aromatic rings. The normalized spacial score (nSPS) is 16.0. The van der Waals surface area contributed by atoms with Crippen LogP contribution in [0.25, 0.3) is 0 Å². The Balaban J connectivity index is -0.000000320. The number of rotatable bonds is 4. The fraction of sp³-hybridized carbons (Fsp3) is 1.00. The van der Waals surface area contributed by atoms with Gasteiger partial charge in [-0.05, 0) is 5.18 Å². The summed E-state index contributed by atoms with van der Waals surface area (Å²) in [7, 11) is -2.43. The third-order valence-electron chi connectivity index (χ3n) is 0.490. The molecule has 0 atom stereocenters. The summed E-state index contributed by atoms with van der Waals surface area (Å²) in [5, 5.41) is 2.15. The maximum absolute atomic E-state index is 9.91. The zero-order valence-corrected chi connectivity index (χ0v) is 10.7. The molecule has 0 aliphatic carbocycles. The SMILES string of the molecule is O=NC(P=O)(P=O)P=O.[H-].[K+]. The van der Waals surface area contributed by atoms with Gasteiger partial charge in [-0.3, -0.25) is 13.7 Å². The number of hydrogen-bond donors (Lipinski definition) is 0. The van der Waals surface area contributed by atoms with Gasteiger partial charge < -0.3 is 1.43 Å². The maximum atomic E-state index is 9.91. The van der Waals surface area contributed by atoms with E-state index in [1.54, 1.807) is 0 Å². The van der Waals surface area contributed by atoms with Crippen molar-refractivity contribution in [2.75, 3.05) is 0 Å². The second-order valence-electron chi connectivity index (χ2n) is 0.965. The van der Waals surface area contributed by atoms with Crippen LogP contribution in [0.4, 0.5) is 0 Å². The van der Waals surface area contributed by atoms with Gasteiger partial charge in [0, 0.05) is 0 Å². The summed E-state index contributed by atoms with van der Waals surface area (Å²) >= 11 is 0. The van der Waals surface area contributed by atoms with Crippen molar-refractivity contribution in [1.29, 1.82) is 0 Å². The van der Waals surface area contributed by atoms with E-state index in [-0.39, 0.29) is 52.8 Å². The molecule has 50 valence electrons. The third kappa shape index (κ3) is 3.79. The van der Waals surface area contributed by atoms with Crippen molar-refractivity contribution in [2.45, 2.75) is 4.76 Å². The Morgan fingerprint density at radius 1 is 1.10 bits per heavy atom. The largest absolute Gasteiger partial charge is 1.00 e. The van der Waals surface area contributed by atoms with E-state index in [9.17, 15) is 18.6 Å². The average molecular weight is 223 g/mol. The Morgan fingerprint density at radius 3 is 1.40 bits per heavy atom. The fourth-order valence-electron chi connectivity index (χ4n) is 0.100. The minimum Gasteiger partial charge on any atom is -1.00 e. The van der Waals surface area contributed by atoms with Crippen molar-refractivity contribution in [1.82, 2.24) is 0 Å². The van der Waals surface area contributed by atoms with Crippen LogP contribution in [0.2, 0.25) is 0 Å². The summed E-state index contributed by atoms with van der Waals surface area (Å²) in [6.45, 7) is 0. The molecule has 0 bridgehead atoms. The van der Waals surface area contributed by atoms with E-state index in [4.69, 9.17) is 0 Å². The molecule has 9 heteroatoms. The van der Waals surface area contributed by atoms with E-state index in [1.165, 1.54) is 0 Å². The summed E-state index contributed by atoms with van der Waals surface area (Å²) < 4.78 is 27.7. The standard InChI is InChI=1S/CNO4P3.K.H/c3-2-1(7-4,8-5)9-6;;/q;+1;-1. The van der Waals surface area contributed by atoms with Gasteiger partial charge >= 0.3 is 56.1 Å². The second kappa shape index (κ2) is 7.20. The Morgan fingerprint density at radius 2 is 1.40 bits per heavy atom. The van der Waals surface area contributed by atoms with E-state index in [0.717, 1.165) is 0 Å². The van der Waals surface area contributed by atoms with Crippen molar-refractivity contribution in [3.63, 3.8) is 0 Å². The van der Waals surface area contributed by atoms with Crippen LogP contribution in [-0.2, 0) is 13.7 Å². The molecular formula is CHKNO4P3. The molecule has 0 unspecified atom stereocenters. The van der Waals surface area contributed by atoms with Gasteiger partial charge in [0.1, 0.15) is 0 Å². The van der Waals surface area contributed by atoms with Crippen molar-refractivity contribution in [3.05, 3.63) is 4.91 Å². The molecule has 0 heterocycles. The van der Waals surface area contributed by atoms with Crippen LogP contribution in [-0.4, -0.2) is 4.76 Å². The third-order valence-corrected chi connectivity index (χ3v) is 2.94. The summed E-state index contributed by atoms with van der Waals surface area (Å²) in [6.07, 6.45) is 0. The number of hydrogen-bond acceptors (Lipinski definition) is 5. The van der Waals surface area contributed by atoms with Gasteiger partial charge in [-0.25, -0.2) is 0 Å².